The largest absolute Gasteiger partial charge is 0.335 e. The van der Waals surface area contributed by atoms with Gasteiger partial charge in [0.1, 0.15) is 0 Å². The summed E-state index contributed by atoms with van der Waals surface area (Å²) in [5.74, 6) is -0.0492. The molecular weight excluding hydrogens is 373 g/mol. The third kappa shape index (κ3) is 4.22. The summed E-state index contributed by atoms with van der Waals surface area (Å²) in [5, 5.41) is 1.20. The van der Waals surface area contributed by atoms with Crippen molar-refractivity contribution >= 4 is 45.0 Å². The summed E-state index contributed by atoms with van der Waals surface area (Å²) >= 11 is 15.4. The van der Waals surface area contributed by atoms with Gasteiger partial charge in [0.2, 0.25) is 0 Å². The molecule has 2 nitrogen and oxygen atoms in total. The third-order valence-corrected chi connectivity index (χ3v) is 4.57. The van der Waals surface area contributed by atoms with Gasteiger partial charge in [-0.1, -0.05) is 35.3 Å². The first-order chi connectivity index (χ1) is 10.0. The Bertz CT molecular complexity index is 660. The molecule has 21 heavy (non-hydrogen) atoms. The number of hydrogen-bond donors (Lipinski definition) is 0. The maximum Gasteiger partial charge on any atom is 0.254 e. The second kappa shape index (κ2) is 7.30. The monoisotopic (exact) mass is 385 g/mol. The normalized spacial score (nSPS) is 10.5. The molecule has 0 spiro atoms. The van der Waals surface area contributed by atoms with Crippen LogP contribution in [0.5, 0.6) is 0 Å². The van der Waals surface area contributed by atoms with Crippen LogP contribution in [0.25, 0.3) is 0 Å². The second-order valence-corrected chi connectivity index (χ2v) is 6.28. The van der Waals surface area contributed by atoms with Crippen LogP contribution in [-0.4, -0.2) is 17.4 Å². The highest BCUT2D eigenvalue weighted by Gasteiger charge is 2.15. The number of carbonyl (C=O) groups is 1. The van der Waals surface area contributed by atoms with E-state index in [9.17, 15) is 4.79 Å². The molecule has 5 heteroatoms. The zero-order valence-corrected chi connectivity index (χ0v) is 14.5. The van der Waals surface area contributed by atoms with Gasteiger partial charge in [-0.2, -0.15) is 0 Å². The van der Waals surface area contributed by atoms with Gasteiger partial charge in [0.25, 0.3) is 5.91 Å². The zero-order chi connectivity index (χ0) is 15.4. The molecule has 110 valence electrons. The predicted octanol–water partition coefficient (Wildman–Crippen LogP) is 5.42. The smallest absolute Gasteiger partial charge is 0.254 e. The van der Waals surface area contributed by atoms with Crippen LogP contribution < -0.4 is 0 Å². The summed E-state index contributed by atoms with van der Waals surface area (Å²) in [5.41, 5.74) is 1.58. The summed E-state index contributed by atoms with van der Waals surface area (Å²) in [6, 6.07) is 12.7. The topological polar surface area (TPSA) is 20.3 Å². The van der Waals surface area contributed by atoms with Crippen LogP contribution in [0, 0.1) is 0 Å². The molecule has 0 saturated carbocycles. The number of halogens is 3. The predicted molar refractivity (Wildman–Crippen MR) is 91.0 cm³/mol. The molecule has 0 aliphatic carbocycles. The SMILES string of the molecule is CCN(Cc1cccc(Cl)c1)C(=O)c1ccc(Br)c(Cl)c1. The molecule has 0 N–H and O–H groups in total. The van der Waals surface area contributed by atoms with Gasteiger partial charge in [-0.3, -0.25) is 4.79 Å². The maximum atomic E-state index is 12.5. The molecule has 0 heterocycles. The Kier molecular flexibility index (Phi) is 5.68. The average molecular weight is 387 g/mol. The molecule has 0 unspecified atom stereocenters. The molecule has 2 aromatic carbocycles. The highest BCUT2D eigenvalue weighted by molar-refractivity contribution is 9.10. The Labute approximate surface area is 142 Å². The average Bonchev–Trinajstić information content (AvgIpc) is 2.47. The van der Waals surface area contributed by atoms with Crippen molar-refractivity contribution < 1.29 is 4.79 Å². The lowest BCUT2D eigenvalue weighted by atomic mass is 10.1. The molecule has 0 fully saturated rings. The van der Waals surface area contributed by atoms with Crippen LogP contribution in [0.3, 0.4) is 0 Å². The van der Waals surface area contributed by atoms with Gasteiger partial charge in [-0.15, -0.1) is 0 Å². The fourth-order valence-electron chi connectivity index (χ4n) is 1.99. The first-order valence-corrected chi connectivity index (χ1v) is 8.05. The Morgan fingerprint density at radius 3 is 2.57 bits per heavy atom. The van der Waals surface area contributed by atoms with E-state index in [4.69, 9.17) is 23.2 Å². The van der Waals surface area contributed by atoms with Crippen LogP contribution in [0.4, 0.5) is 0 Å². The van der Waals surface area contributed by atoms with Crippen LogP contribution in [0.2, 0.25) is 10.0 Å². The molecule has 2 rings (SSSR count). The molecule has 1 amide bonds. The number of carbonyl (C=O) groups excluding carboxylic acids is 1. The van der Waals surface area contributed by atoms with Gasteiger partial charge in [0.05, 0.1) is 5.02 Å². The number of hydrogen-bond acceptors (Lipinski definition) is 1. The van der Waals surface area contributed by atoms with Crippen molar-refractivity contribution in [2.24, 2.45) is 0 Å². The van der Waals surface area contributed by atoms with Gasteiger partial charge in [0, 0.05) is 28.1 Å². The molecular formula is C16H14BrCl2NO. The Morgan fingerprint density at radius 1 is 1.19 bits per heavy atom. The molecule has 0 saturated heterocycles. The first kappa shape index (κ1) is 16.3. The van der Waals surface area contributed by atoms with Crippen molar-refractivity contribution in [3.05, 3.63) is 68.1 Å². The number of benzene rings is 2. The molecule has 0 radical (unpaired) electrons. The van der Waals surface area contributed by atoms with Crippen molar-refractivity contribution in [3.8, 4) is 0 Å². The lowest BCUT2D eigenvalue weighted by Gasteiger charge is -2.21. The van der Waals surface area contributed by atoms with E-state index in [-0.39, 0.29) is 5.91 Å². The molecule has 2 aromatic rings. The van der Waals surface area contributed by atoms with Gasteiger partial charge in [-0.25, -0.2) is 0 Å². The molecule has 0 aliphatic heterocycles. The minimum atomic E-state index is -0.0492. The van der Waals surface area contributed by atoms with Crippen LogP contribution in [-0.2, 0) is 6.54 Å². The minimum absolute atomic E-state index is 0.0492. The molecule has 0 bridgehead atoms. The Morgan fingerprint density at radius 2 is 1.95 bits per heavy atom. The van der Waals surface area contributed by atoms with E-state index in [0.29, 0.717) is 28.7 Å². The first-order valence-electron chi connectivity index (χ1n) is 6.50. The van der Waals surface area contributed by atoms with Gasteiger partial charge in [-0.05, 0) is 58.7 Å². The summed E-state index contributed by atoms with van der Waals surface area (Å²) < 4.78 is 0.776. The molecule has 0 aliphatic rings. The van der Waals surface area contributed by atoms with Gasteiger partial charge >= 0.3 is 0 Å². The number of amides is 1. The quantitative estimate of drug-likeness (QED) is 0.687. The van der Waals surface area contributed by atoms with Crippen LogP contribution in [0.15, 0.2) is 46.9 Å². The van der Waals surface area contributed by atoms with E-state index in [0.717, 1.165) is 10.0 Å². The van der Waals surface area contributed by atoms with E-state index in [2.05, 4.69) is 15.9 Å². The Balaban J connectivity index is 2.20. The minimum Gasteiger partial charge on any atom is -0.335 e. The van der Waals surface area contributed by atoms with Crippen molar-refractivity contribution in [3.63, 3.8) is 0 Å². The van der Waals surface area contributed by atoms with Crippen molar-refractivity contribution in [1.29, 1.82) is 0 Å². The fraction of sp³-hybridized carbons (Fsp3) is 0.188. The summed E-state index contributed by atoms with van der Waals surface area (Å²) in [6.45, 7) is 3.07. The second-order valence-electron chi connectivity index (χ2n) is 4.58. The maximum absolute atomic E-state index is 12.5. The zero-order valence-electron chi connectivity index (χ0n) is 11.4. The fourth-order valence-corrected chi connectivity index (χ4v) is 2.63. The van der Waals surface area contributed by atoms with E-state index < -0.39 is 0 Å². The van der Waals surface area contributed by atoms with E-state index in [1.165, 1.54) is 0 Å². The van der Waals surface area contributed by atoms with E-state index >= 15 is 0 Å². The highest BCUT2D eigenvalue weighted by Crippen LogP contribution is 2.24. The van der Waals surface area contributed by atoms with Crippen molar-refractivity contribution in [2.75, 3.05) is 6.54 Å². The van der Waals surface area contributed by atoms with Gasteiger partial charge < -0.3 is 4.90 Å². The highest BCUT2D eigenvalue weighted by atomic mass is 79.9. The summed E-state index contributed by atoms with van der Waals surface area (Å²) in [4.78, 5) is 14.3. The molecule has 0 aromatic heterocycles. The lowest BCUT2D eigenvalue weighted by Crippen LogP contribution is -2.30. The Hall–Kier alpha value is -1.03. The van der Waals surface area contributed by atoms with Crippen molar-refractivity contribution in [1.82, 2.24) is 4.90 Å². The van der Waals surface area contributed by atoms with Crippen LogP contribution in [0.1, 0.15) is 22.8 Å². The number of rotatable bonds is 4. The standard InChI is InChI=1S/C16H14BrCl2NO/c1-2-20(10-11-4-3-5-13(18)8-11)16(21)12-6-7-14(17)15(19)9-12/h3-9H,2,10H2,1H3. The summed E-state index contributed by atoms with van der Waals surface area (Å²) in [7, 11) is 0. The number of nitrogens with zero attached hydrogens (tertiary/aromatic N) is 1. The summed E-state index contributed by atoms with van der Waals surface area (Å²) in [6.07, 6.45) is 0. The molecule has 0 atom stereocenters. The lowest BCUT2D eigenvalue weighted by molar-refractivity contribution is 0.0752. The van der Waals surface area contributed by atoms with Crippen LogP contribution >= 0.6 is 39.1 Å². The van der Waals surface area contributed by atoms with E-state index in [1.807, 2.05) is 31.2 Å². The van der Waals surface area contributed by atoms with E-state index in [1.54, 1.807) is 23.1 Å². The van der Waals surface area contributed by atoms with Gasteiger partial charge in [0.15, 0.2) is 0 Å². The van der Waals surface area contributed by atoms with Crippen molar-refractivity contribution in [2.45, 2.75) is 13.5 Å². The third-order valence-electron chi connectivity index (χ3n) is 3.10.